The van der Waals surface area contributed by atoms with Crippen LogP contribution in [0.4, 0.5) is 0 Å². The Morgan fingerprint density at radius 1 is 1.13 bits per heavy atom. The molecular formula is C18H17N3O2. The molecule has 0 unspecified atom stereocenters. The Morgan fingerprint density at radius 3 is 2.65 bits per heavy atom. The number of hydrogen-bond donors (Lipinski definition) is 1. The largest absolute Gasteiger partial charge is 0.340 e. The molecular weight excluding hydrogens is 290 g/mol. The number of benzene rings is 1. The molecule has 2 aliphatic rings. The number of hydrogen-bond acceptors (Lipinski definition) is 3. The number of carbonyl (C=O) groups is 2. The maximum absolute atomic E-state index is 12.6. The van der Waals surface area contributed by atoms with Crippen LogP contribution in [0.2, 0.25) is 0 Å². The Hall–Kier alpha value is -2.69. The van der Waals surface area contributed by atoms with Crippen molar-refractivity contribution in [3.63, 3.8) is 0 Å². The van der Waals surface area contributed by atoms with Crippen molar-refractivity contribution in [2.45, 2.75) is 18.4 Å². The monoisotopic (exact) mass is 307 g/mol. The molecule has 1 saturated heterocycles. The van der Waals surface area contributed by atoms with Gasteiger partial charge in [0.05, 0.1) is 0 Å². The number of pyridine rings is 1. The molecule has 5 nitrogen and oxygen atoms in total. The highest BCUT2D eigenvalue weighted by atomic mass is 16.2. The molecule has 5 heteroatoms. The van der Waals surface area contributed by atoms with Crippen molar-refractivity contribution in [1.29, 1.82) is 0 Å². The van der Waals surface area contributed by atoms with E-state index in [-0.39, 0.29) is 11.8 Å². The Morgan fingerprint density at radius 2 is 1.87 bits per heavy atom. The molecule has 3 heterocycles. The molecule has 2 aliphatic heterocycles. The lowest BCUT2D eigenvalue weighted by Crippen LogP contribution is -2.58. The van der Waals surface area contributed by atoms with Crippen LogP contribution in [0, 0.1) is 0 Å². The molecule has 0 bridgehead atoms. The molecule has 2 amide bonds. The zero-order chi connectivity index (χ0) is 15.8. The van der Waals surface area contributed by atoms with E-state index >= 15 is 0 Å². The fraction of sp³-hybridized carbons (Fsp3) is 0.278. The van der Waals surface area contributed by atoms with Crippen molar-refractivity contribution >= 4 is 11.8 Å². The van der Waals surface area contributed by atoms with Crippen LogP contribution in [0.15, 0.2) is 48.8 Å². The van der Waals surface area contributed by atoms with Crippen molar-refractivity contribution in [2.75, 3.05) is 13.1 Å². The predicted octanol–water partition coefficient (Wildman–Crippen LogP) is 1.36. The van der Waals surface area contributed by atoms with E-state index in [0.29, 0.717) is 31.0 Å². The molecule has 0 spiro atoms. The van der Waals surface area contributed by atoms with Crippen LogP contribution in [0.1, 0.15) is 27.4 Å². The lowest BCUT2D eigenvalue weighted by molar-refractivity contribution is -0.137. The molecule has 1 atom stereocenters. The van der Waals surface area contributed by atoms with Gasteiger partial charge in [-0.2, -0.15) is 0 Å². The summed E-state index contributed by atoms with van der Waals surface area (Å²) in [6.45, 7) is 1.41. The molecule has 1 aromatic heterocycles. The number of likely N-dealkylation sites (tertiary alicyclic amines) is 1. The van der Waals surface area contributed by atoms with E-state index in [4.69, 9.17) is 0 Å². The van der Waals surface area contributed by atoms with Gasteiger partial charge in [0.25, 0.3) is 5.91 Å². The second-order valence-corrected chi connectivity index (χ2v) is 6.11. The summed E-state index contributed by atoms with van der Waals surface area (Å²) in [6.07, 6.45) is 4.12. The first-order chi connectivity index (χ1) is 11.2. The van der Waals surface area contributed by atoms with Gasteiger partial charge in [-0.1, -0.05) is 18.2 Å². The van der Waals surface area contributed by atoms with E-state index < -0.39 is 6.04 Å². The number of rotatable bonds is 2. The van der Waals surface area contributed by atoms with Crippen LogP contribution in [0.5, 0.6) is 0 Å². The normalized spacial score (nSPS) is 20.4. The summed E-state index contributed by atoms with van der Waals surface area (Å²) < 4.78 is 0. The lowest BCUT2D eigenvalue weighted by Gasteiger charge is -2.42. The number of nitrogens with one attached hydrogen (secondary N) is 1. The number of amides is 2. The fourth-order valence-corrected chi connectivity index (χ4v) is 3.30. The van der Waals surface area contributed by atoms with E-state index in [1.54, 1.807) is 18.5 Å². The van der Waals surface area contributed by atoms with E-state index in [9.17, 15) is 9.59 Å². The van der Waals surface area contributed by atoms with Crippen molar-refractivity contribution < 1.29 is 9.59 Å². The average molecular weight is 307 g/mol. The highest BCUT2D eigenvalue weighted by Crippen LogP contribution is 2.28. The number of nitrogens with zero attached hydrogens (tertiary/aromatic N) is 2. The number of aromatic nitrogens is 1. The van der Waals surface area contributed by atoms with Crippen molar-refractivity contribution in [2.24, 2.45) is 0 Å². The van der Waals surface area contributed by atoms with E-state index in [1.165, 1.54) is 5.56 Å². The maximum atomic E-state index is 12.6. The van der Waals surface area contributed by atoms with Crippen LogP contribution < -0.4 is 5.32 Å². The van der Waals surface area contributed by atoms with Crippen LogP contribution >= 0.6 is 0 Å². The zero-order valence-corrected chi connectivity index (χ0v) is 12.6. The molecule has 116 valence electrons. The van der Waals surface area contributed by atoms with Crippen LogP contribution in [-0.2, 0) is 11.2 Å². The standard InChI is InChI=1S/C18H17N3O2/c22-17-15-4-2-1-3-13(15)9-16(20-17)18(23)21-10-14(11-21)12-5-7-19-8-6-12/h1-8,14,16H,9-11H2,(H,20,22)/t16-/m1/s1. The molecule has 1 fully saturated rings. The predicted molar refractivity (Wildman–Crippen MR) is 85.0 cm³/mol. The summed E-state index contributed by atoms with van der Waals surface area (Å²) in [7, 11) is 0. The lowest BCUT2D eigenvalue weighted by atomic mass is 9.89. The van der Waals surface area contributed by atoms with Gasteiger partial charge >= 0.3 is 0 Å². The molecule has 2 aromatic rings. The first-order valence-electron chi connectivity index (χ1n) is 7.80. The molecule has 0 saturated carbocycles. The Bertz CT molecular complexity index is 754. The van der Waals surface area contributed by atoms with Gasteiger partial charge in [-0.05, 0) is 29.3 Å². The fourth-order valence-electron chi connectivity index (χ4n) is 3.30. The summed E-state index contributed by atoms with van der Waals surface area (Å²) >= 11 is 0. The van der Waals surface area contributed by atoms with Crippen LogP contribution in [-0.4, -0.2) is 40.8 Å². The Kier molecular flexibility index (Phi) is 3.33. The highest BCUT2D eigenvalue weighted by Gasteiger charge is 2.37. The third kappa shape index (κ3) is 2.48. The Balaban J connectivity index is 1.43. The van der Waals surface area contributed by atoms with Gasteiger partial charge in [0.1, 0.15) is 6.04 Å². The highest BCUT2D eigenvalue weighted by molar-refractivity contribution is 6.00. The first-order valence-corrected chi connectivity index (χ1v) is 7.80. The molecule has 0 aliphatic carbocycles. The minimum atomic E-state index is -0.448. The number of fused-ring (bicyclic) bond motifs is 1. The molecule has 23 heavy (non-hydrogen) atoms. The van der Waals surface area contributed by atoms with E-state index in [0.717, 1.165) is 5.56 Å². The SMILES string of the molecule is O=C1N[C@@H](C(=O)N2CC(c3ccncc3)C2)Cc2ccccc21. The summed E-state index contributed by atoms with van der Waals surface area (Å²) in [6, 6.07) is 11.0. The van der Waals surface area contributed by atoms with Crippen LogP contribution in [0.3, 0.4) is 0 Å². The quantitative estimate of drug-likeness (QED) is 0.911. The van der Waals surface area contributed by atoms with E-state index in [2.05, 4.69) is 10.3 Å². The summed E-state index contributed by atoms with van der Waals surface area (Å²) in [5.74, 6) is 0.225. The second-order valence-electron chi connectivity index (χ2n) is 6.11. The second kappa shape index (κ2) is 5.50. The zero-order valence-electron chi connectivity index (χ0n) is 12.6. The van der Waals surface area contributed by atoms with Gasteiger partial charge < -0.3 is 10.2 Å². The Labute approximate surface area is 134 Å². The van der Waals surface area contributed by atoms with Crippen molar-refractivity contribution in [3.05, 3.63) is 65.5 Å². The van der Waals surface area contributed by atoms with Gasteiger partial charge in [0, 0.05) is 43.4 Å². The minimum absolute atomic E-state index is 0.0122. The van der Waals surface area contributed by atoms with Gasteiger partial charge in [0.15, 0.2) is 0 Å². The summed E-state index contributed by atoms with van der Waals surface area (Å²) in [5, 5.41) is 2.84. The van der Waals surface area contributed by atoms with Crippen LogP contribution in [0.25, 0.3) is 0 Å². The van der Waals surface area contributed by atoms with Gasteiger partial charge in [-0.3, -0.25) is 14.6 Å². The first kappa shape index (κ1) is 13.9. The topological polar surface area (TPSA) is 62.3 Å². The average Bonchev–Trinajstić information content (AvgIpc) is 2.54. The smallest absolute Gasteiger partial charge is 0.252 e. The minimum Gasteiger partial charge on any atom is -0.340 e. The van der Waals surface area contributed by atoms with Gasteiger partial charge in [-0.15, -0.1) is 0 Å². The third-order valence-corrected chi connectivity index (χ3v) is 4.66. The van der Waals surface area contributed by atoms with Crippen molar-refractivity contribution in [1.82, 2.24) is 15.2 Å². The summed E-state index contributed by atoms with van der Waals surface area (Å²) in [4.78, 5) is 30.6. The maximum Gasteiger partial charge on any atom is 0.252 e. The third-order valence-electron chi connectivity index (χ3n) is 4.66. The summed E-state index contributed by atoms with van der Waals surface area (Å²) in [5.41, 5.74) is 2.83. The molecule has 1 N–H and O–H groups in total. The van der Waals surface area contributed by atoms with E-state index in [1.807, 2.05) is 35.2 Å². The number of carbonyl (C=O) groups excluding carboxylic acids is 2. The molecule has 4 rings (SSSR count). The van der Waals surface area contributed by atoms with Gasteiger partial charge in [-0.25, -0.2) is 0 Å². The van der Waals surface area contributed by atoms with Gasteiger partial charge in [0.2, 0.25) is 5.91 Å². The molecule has 1 aromatic carbocycles. The molecule has 0 radical (unpaired) electrons. The van der Waals surface area contributed by atoms with Crippen molar-refractivity contribution in [3.8, 4) is 0 Å².